The number of methoxy groups -OCH3 is 2. The van der Waals surface area contributed by atoms with Gasteiger partial charge < -0.3 is 14.4 Å². The van der Waals surface area contributed by atoms with Crippen molar-refractivity contribution < 1.29 is 14.3 Å². The fraction of sp³-hybridized carbons (Fsp3) is 0.533. The van der Waals surface area contributed by atoms with Crippen molar-refractivity contribution in [2.24, 2.45) is 0 Å². The van der Waals surface area contributed by atoms with E-state index < -0.39 is 0 Å². The van der Waals surface area contributed by atoms with Crippen LogP contribution in [0.1, 0.15) is 23.1 Å². The van der Waals surface area contributed by atoms with E-state index in [1.165, 1.54) is 12.7 Å². The molecule has 1 aromatic carbocycles. The molecule has 0 aliphatic carbocycles. The molecule has 1 rings (SSSR count). The maximum absolute atomic E-state index is 11.1. The van der Waals surface area contributed by atoms with Crippen LogP contribution in [0, 0.1) is 13.8 Å². The van der Waals surface area contributed by atoms with Crippen LogP contribution < -0.4 is 4.74 Å². The Morgan fingerprint density at radius 1 is 1.21 bits per heavy atom. The van der Waals surface area contributed by atoms with Gasteiger partial charge in [-0.1, -0.05) is 12.1 Å². The molecule has 4 heteroatoms. The molecule has 1 aromatic rings. The highest BCUT2D eigenvalue weighted by Gasteiger charge is 2.08. The molecule has 0 aliphatic heterocycles. The third-order valence-electron chi connectivity index (χ3n) is 3.10. The average Bonchev–Trinajstić information content (AvgIpc) is 2.35. The summed E-state index contributed by atoms with van der Waals surface area (Å²) in [5.41, 5.74) is 3.50. The van der Waals surface area contributed by atoms with Crippen LogP contribution in [0.25, 0.3) is 0 Å². The molecule has 19 heavy (non-hydrogen) atoms. The summed E-state index contributed by atoms with van der Waals surface area (Å²) < 4.78 is 9.99. The average molecular weight is 265 g/mol. The summed E-state index contributed by atoms with van der Waals surface area (Å²) in [5.74, 6) is 0.773. The number of hydrogen-bond acceptors (Lipinski definition) is 4. The number of carbonyl (C=O) groups excluding carboxylic acids is 1. The van der Waals surface area contributed by atoms with Crippen LogP contribution in [0.3, 0.4) is 0 Å². The predicted octanol–water partition coefficient (Wildman–Crippen LogP) is 2.31. The van der Waals surface area contributed by atoms with Gasteiger partial charge in [0, 0.05) is 13.1 Å². The van der Waals surface area contributed by atoms with Gasteiger partial charge in [0.15, 0.2) is 0 Å². The summed E-state index contributed by atoms with van der Waals surface area (Å²) in [6.07, 6.45) is 0.418. The molecule has 4 nitrogen and oxygen atoms in total. The largest absolute Gasteiger partial charge is 0.496 e. The van der Waals surface area contributed by atoms with Crippen LogP contribution in [0.5, 0.6) is 5.75 Å². The molecule has 0 amide bonds. The van der Waals surface area contributed by atoms with Crippen LogP contribution in [-0.4, -0.2) is 38.7 Å². The SMILES string of the molecule is COC(=O)CCN(C)Cc1cc(C)c(OC)c(C)c1. The maximum Gasteiger partial charge on any atom is 0.306 e. The van der Waals surface area contributed by atoms with E-state index in [2.05, 4.69) is 21.8 Å². The van der Waals surface area contributed by atoms with Crippen LogP contribution in [0.15, 0.2) is 12.1 Å². The zero-order valence-corrected chi connectivity index (χ0v) is 12.4. The molecule has 0 N–H and O–H groups in total. The second kappa shape index (κ2) is 7.14. The third kappa shape index (κ3) is 4.56. The number of carbonyl (C=O) groups is 1. The molecular formula is C15H23NO3. The van der Waals surface area contributed by atoms with E-state index in [0.717, 1.165) is 23.4 Å². The Bertz CT molecular complexity index is 420. The van der Waals surface area contributed by atoms with Crippen molar-refractivity contribution in [3.63, 3.8) is 0 Å². The molecule has 0 unspecified atom stereocenters. The first-order chi connectivity index (χ1) is 8.97. The lowest BCUT2D eigenvalue weighted by atomic mass is 10.1. The van der Waals surface area contributed by atoms with Crippen LogP contribution in [0.4, 0.5) is 0 Å². The van der Waals surface area contributed by atoms with Crippen LogP contribution in [0.2, 0.25) is 0 Å². The second-order valence-electron chi connectivity index (χ2n) is 4.83. The molecular weight excluding hydrogens is 242 g/mol. The molecule has 0 aromatic heterocycles. The van der Waals surface area contributed by atoms with Gasteiger partial charge in [0.25, 0.3) is 0 Å². The minimum Gasteiger partial charge on any atom is -0.496 e. The first kappa shape index (κ1) is 15.5. The van der Waals surface area contributed by atoms with E-state index in [9.17, 15) is 4.79 Å². The monoisotopic (exact) mass is 265 g/mol. The third-order valence-corrected chi connectivity index (χ3v) is 3.10. The molecule has 0 saturated carbocycles. The highest BCUT2D eigenvalue weighted by Crippen LogP contribution is 2.24. The Balaban J connectivity index is 2.64. The van der Waals surface area contributed by atoms with E-state index >= 15 is 0 Å². The van der Waals surface area contributed by atoms with Crippen molar-refractivity contribution in [3.8, 4) is 5.75 Å². The Labute approximate surface area is 115 Å². The minimum absolute atomic E-state index is 0.172. The molecule has 0 saturated heterocycles. The van der Waals surface area contributed by atoms with Gasteiger partial charge in [-0.3, -0.25) is 4.79 Å². The molecule has 106 valence electrons. The number of esters is 1. The maximum atomic E-state index is 11.1. The Hall–Kier alpha value is -1.55. The standard InChI is InChI=1S/C15H23NO3/c1-11-8-13(9-12(2)15(11)19-5)10-16(3)7-6-14(17)18-4/h8-9H,6-7,10H2,1-5H3. The lowest BCUT2D eigenvalue weighted by Gasteiger charge is -2.18. The van der Waals surface area contributed by atoms with Crippen molar-refractivity contribution in [2.75, 3.05) is 27.8 Å². The van der Waals surface area contributed by atoms with Crippen molar-refractivity contribution in [2.45, 2.75) is 26.8 Å². The van der Waals surface area contributed by atoms with Crippen molar-refractivity contribution in [3.05, 3.63) is 28.8 Å². The van der Waals surface area contributed by atoms with Crippen LogP contribution >= 0.6 is 0 Å². The van der Waals surface area contributed by atoms with Gasteiger partial charge in [-0.15, -0.1) is 0 Å². The summed E-state index contributed by atoms with van der Waals surface area (Å²) in [6, 6.07) is 4.25. The van der Waals surface area contributed by atoms with Crippen molar-refractivity contribution >= 4 is 5.97 Å². The highest BCUT2D eigenvalue weighted by molar-refractivity contribution is 5.69. The van der Waals surface area contributed by atoms with Gasteiger partial charge in [-0.2, -0.15) is 0 Å². The predicted molar refractivity (Wildman–Crippen MR) is 75.4 cm³/mol. The smallest absolute Gasteiger partial charge is 0.306 e. The van der Waals surface area contributed by atoms with E-state index in [4.69, 9.17) is 4.74 Å². The normalized spacial score (nSPS) is 10.6. The fourth-order valence-electron chi connectivity index (χ4n) is 2.23. The number of benzene rings is 1. The number of ether oxygens (including phenoxy) is 2. The molecule has 0 spiro atoms. The minimum atomic E-state index is -0.172. The summed E-state index contributed by atoms with van der Waals surface area (Å²) in [7, 11) is 5.11. The molecule has 0 atom stereocenters. The second-order valence-corrected chi connectivity index (χ2v) is 4.83. The summed E-state index contributed by atoms with van der Waals surface area (Å²) in [6.45, 7) is 5.59. The van der Waals surface area contributed by atoms with Crippen molar-refractivity contribution in [1.82, 2.24) is 4.90 Å². The van der Waals surface area contributed by atoms with E-state index in [-0.39, 0.29) is 5.97 Å². The molecule has 0 radical (unpaired) electrons. The zero-order valence-electron chi connectivity index (χ0n) is 12.4. The molecule has 0 heterocycles. The quantitative estimate of drug-likeness (QED) is 0.740. The Morgan fingerprint density at radius 2 is 1.79 bits per heavy atom. The van der Waals surface area contributed by atoms with Gasteiger partial charge in [0.2, 0.25) is 0 Å². The summed E-state index contributed by atoms with van der Waals surface area (Å²) >= 11 is 0. The molecule has 0 fully saturated rings. The van der Waals surface area contributed by atoms with E-state index in [0.29, 0.717) is 13.0 Å². The Kier molecular flexibility index (Phi) is 5.83. The molecule has 0 aliphatic rings. The number of aryl methyl sites for hydroxylation is 2. The van der Waals surface area contributed by atoms with Crippen molar-refractivity contribution in [1.29, 1.82) is 0 Å². The summed E-state index contributed by atoms with van der Waals surface area (Å²) in [5, 5.41) is 0. The van der Waals surface area contributed by atoms with Gasteiger partial charge in [-0.25, -0.2) is 0 Å². The van der Waals surface area contributed by atoms with Gasteiger partial charge in [0.1, 0.15) is 5.75 Å². The zero-order chi connectivity index (χ0) is 14.4. The topological polar surface area (TPSA) is 38.8 Å². The number of rotatable bonds is 6. The van der Waals surface area contributed by atoms with Gasteiger partial charge in [-0.05, 0) is 37.6 Å². The molecule has 0 bridgehead atoms. The highest BCUT2D eigenvalue weighted by atomic mass is 16.5. The number of nitrogens with zero attached hydrogens (tertiary/aromatic N) is 1. The number of hydrogen-bond donors (Lipinski definition) is 0. The lowest BCUT2D eigenvalue weighted by molar-refractivity contribution is -0.140. The van der Waals surface area contributed by atoms with Crippen LogP contribution in [-0.2, 0) is 16.1 Å². The Morgan fingerprint density at radius 3 is 2.26 bits per heavy atom. The fourth-order valence-corrected chi connectivity index (χ4v) is 2.23. The van der Waals surface area contributed by atoms with Gasteiger partial charge >= 0.3 is 5.97 Å². The van der Waals surface area contributed by atoms with E-state index in [1.807, 2.05) is 20.9 Å². The first-order valence-corrected chi connectivity index (χ1v) is 6.37. The lowest BCUT2D eigenvalue weighted by Crippen LogP contribution is -2.22. The van der Waals surface area contributed by atoms with E-state index in [1.54, 1.807) is 7.11 Å². The van der Waals surface area contributed by atoms with Gasteiger partial charge in [0.05, 0.1) is 20.6 Å². The summed E-state index contributed by atoms with van der Waals surface area (Å²) in [4.78, 5) is 13.2. The first-order valence-electron chi connectivity index (χ1n) is 6.37.